The average molecular weight is 1010 g/mol. The van der Waals surface area contributed by atoms with Crippen LogP contribution in [-0.4, -0.2) is 19.9 Å². The third-order valence-electron chi connectivity index (χ3n) is 8.00. The van der Waals surface area contributed by atoms with Gasteiger partial charge in [-0.2, -0.15) is 0 Å². The van der Waals surface area contributed by atoms with Crippen LogP contribution in [0, 0.1) is 13.8 Å². The SMILES string of the molecule is Cc1ccc([O-])cc1.Cc1ccc([O-])cc1.[Mn+2].[Mn+2].c1ccc([N-]Nc2ccccc2)cc1.c1ccc([N-]Nc2ccccc2)cc1.c1ccncc1.c1ccncc1.c1ccncc1.c1ccncc1. The Kier molecular flexibility index (Phi) is 36.0. The molecule has 0 aliphatic carbocycles. The first kappa shape index (κ1) is 59.8. The molecule has 0 aliphatic rings. The zero-order valence-corrected chi connectivity index (χ0v) is 41.3. The summed E-state index contributed by atoms with van der Waals surface area (Å²) in [5, 5.41) is 20.8. The molecule has 0 saturated carbocycles. The molecule has 10 aromatic rings. The van der Waals surface area contributed by atoms with Crippen molar-refractivity contribution in [1.82, 2.24) is 19.9 Å². The number of anilines is 2. The molecule has 0 spiro atoms. The zero-order chi connectivity index (χ0) is 48.2. The van der Waals surface area contributed by atoms with E-state index in [1.54, 1.807) is 73.8 Å². The Hall–Kier alpha value is -8.24. The topological polar surface area (TPSA) is 150 Å². The van der Waals surface area contributed by atoms with E-state index in [-0.39, 0.29) is 45.6 Å². The first-order chi connectivity index (χ1) is 33.5. The number of benzene rings is 6. The van der Waals surface area contributed by atoms with Crippen LogP contribution in [0.25, 0.3) is 10.9 Å². The van der Waals surface area contributed by atoms with Gasteiger partial charge in [-0.05, 0) is 86.6 Å². The van der Waals surface area contributed by atoms with E-state index < -0.39 is 0 Å². The van der Waals surface area contributed by atoms with E-state index in [1.165, 1.54) is 0 Å². The Morgan fingerprint density at radius 2 is 0.500 bits per heavy atom. The van der Waals surface area contributed by atoms with Crippen LogP contribution in [0.2, 0.25) is 0 Å². The van der Waals surface area contributed by atoms with Gasteiger partial charge in [-0.25, -0.2) is 0 Å². The third-order valence-corrected chi connectivity index (χ3v) is 8.00. The smallest absolute Gasteiger partial charge is 0.872 e. The predicted molar refractivity (Wildman–Crippen MR) is 277 cm³/mol. The van der Waals surface area contributed by atoms with Crippen molar-refractivity contribution in [1.29, 1.82) is 0 Å². The number of rotatable bonds is 6. The van der Waals surface area contributed by atoms with Crippen molar-refractivity contribution in [2.24, 2.45) is 0 Å². The van der Waals surface area contributed by atoms with E-state index in [2.05, 4.69) is 41.6 Å². The molecule has 12 heteroatoms. The summed E-state index contributed by atoms with van der Waals surface area (Å²) in [5.74, 6) is 0.159. The third kappa shape index (κ3) is 34.1. The molecule has 0 unspecified atom stereocenters. The Morgan fingerprint density at radius 1 is 0.286 bits per heavy atom. The fraction of sp³-hybridized carbons (Fsp3) is 0.0345. The van der Waals surface area contributed by atoms with E-state index in [1.807, 2.05) is 232 Å². The summed E-state index contributed by atoms with van der Waals surface area (Å²) in [6.45, 7) is 3.92. The van der Waals surface area contributed by atoms with E-state index >= 15 is 0 Å². The number of aromatic nitrogens is 4. The fourth-order valence-electron chi connectivity index (χ4n) is 4.62. The zero-order valence-electron chi connectivity index (χ0n) is 39.0. The number of hydrogen-bond acceptors (Lipinski definition) is 8. The maximum absolute atomic E-state index is 10.4. The summed E-state index contributed by atoms with van der Waals surface area (Å²) in [4.78, 5) is 15.1. The van der Waals surface area contributed by atoms with Gasteiger partial charge in [0, 0.05) is 60.9 Å². The molecule has 6 aromatic carbocycles. The van der Waals surface area contributed by atoms with Crippen LogP contribution in [0.5, 0.6) is 11.5 Å². The maximum Gasteiger partial charge on any atom is 2.00 e. The molecule has 2 N–H and O–H groups in total. The van der Waals surface area contributed by atoms with Crippen LogP contribution >= 0.6 is 0 Å². The molecule has 0 amide bonds. The van der Waals surface area contributed by atoms with Gasteiger partial charge in [-0.1, -0.05) is 181 Å². The second kappa shape index (κ2) is 42.1. The van der Waals surface area contributed by atoms with Crippen LogP contribution in [-0.2, 0) is 34.1 Å². The van der Waals surface area contributed by atoms with Crippen LogP contribution < -0.4 is 21.1 Å². The quantitative estimate of drug-likeness (QED) is 0.123. The minimum atomic E-state index is 0. The monoisotopic (exact) mass is 1010 g/mol. The van der Waals surface area contributed by atoms with Crippen molar-refractivity contribution in [2.75, 3.05) is 10.9 Å². The van der Waals surface area contributed by atoms with Gasteiger partial charge in [-0.3, -0.25) is 19.9 Å². The van der Waals surface area contributed by atoms with E-state index in [0.717, 1.165) is 33.9 Å². The summed E-state index contributed by atoms with van der Waals surface area (Å²) >= 11 is 0. The summed E-state index contributed by atoms with van der Waals surface area (Å²) in [6.07, 6.45) is 14.0. The largest absolute Gasteiger partial charge is 2.00 e. The second-order valence-corrected chi connectivity index (χ2v) is 13.6. The van der Waals surface area contributed by atoms with Gasteiger partial charge < -0.3 is 31.9 Å². The van der Waals surface area contributed by atoms with E-state index in [4.69, 9.17) is 0 Å². The predicted octanol–water partition coefficient (Wildman–Crippen LogP) is 13.9. The Labute approximate surface area is 435 Å². The van der Waals surface area contributed by atoms with Crippen LogP contribution in [0.3, 0.4) is 0 Å². The van der Waals surface area contributed by atoms with Crippen LogP contribution in [0.1, 0.15) is 11.1 Å². The van der Waals surface area contributed by atoms with Crippen molar-refractivity contribution >= 4 is 22.7 Å². The van der Waals surface area contributed by atoms with E-state index in [0.29, 0.717) is 0 Å². The molecule has 0 saturated heterocycles. The molecule has 0 aliphatic heterocycles. The summed E-state index contributed by atoms with van der Waals surface area (Å²) in [5.41, 5.74) is 20.5. The van der Waals surface area contributed by atoms with Crippen LogP contribution in [0.4, 0.5) is 22.7 Å². The Morgan fingerprint density at radius 3 is 0.686 bits per heavy atom. The van der Waals surface area contributed by atoms with Crippen LogP contribution in [0.15, 0.2) is 292 Å². The summed E-state index contributed by atoms with van der Waals surface area (Å²) in [7, 11) is 0. The number of hydrogen-bond donors (Lipinski definition) is 2. The molecule has 0 bridgehead atoms. The number of nitrogens with one attached hydrogen (secondary N) is 2. The van der Waals surface area contributed by atoms with Gasteiger partial charge in [0.2, 0.25) is 0 Å². The molecule has 10 nitrogen and oxygen atoms in total. The van der Waals surface area contributed by atoms with Gasteiger partial charge in [-0.15, -0.1) is 22.9 Å². The first-order valence-corrected chi connectivity index (χ1v) is 21.5. The molecule has 4 heterocycles. The molecule has 0 atom stereocenters. The second-order valence-electron chi connectivity index (χ2n) is 13.6. The van der Waals surface area contributed by atoms with E-state index in [9.17, 15) is 10.2 Å². The Bertz CT molecular complexity index is 2090. The molecule has 70 heavy (non-hydrogen) atoms. The molecule has 2 radical (unpaired) electrons. The fourth-order valence-corrected chi connectivity index (χ4v) is 4.62. The molecule has 354 valence electrons. The summed E-state index contributed by atoms with van der Waals surface area (Å²) < 4.78 is 0. The average Bonchev–Trinajstić information content (AvgIpc) is 3.43. The first-order valence-electron chi connectivity index (χ1n) is 21.5. The molecule has 10 rings (SSSR count). The molecular formula is C58H56Mn2N8O2. The van der Waals surface area contributed by atoms with Gasteiger partial charge in [0.15, 0.2) is 0 Å². The van der Waals surface area contributed by atoms with Crippen molar-refractivity contribution in [3.63, 3.8) is 0 Å². The number of nitrogens with zero attached hydrogens (tertiary/aromatic N) is 6. The Balaban J connectivity index is 0.000000409. The maximum atomic E-state index is 10.4. The van der Waals surface area contributed by atoms with Crippen molar-refractivity contribution < 1.29 is 44.4 Å². The molecule has 4 aromatic heterocycles. The van der Waals surface area contributed by atoms with Gasteiger partial charge in [0.1, 0.15) is 0 Å². The van der Waals surface area contributed by atoms with Gasteiger partial charge >= 0.3 is 34.1 Å². The minimum absolute atomic E-state index is 0. The minimum Gasteiger partial charge on any atom is -0.872 e. The normalized spacial score (nSPS) is 8.60. The van der Waals surface area contributed by atoms with Crippen molar-refractivity contribution in [3.8, 4) is 11.5 Å². The number of pyridine rings is 4. The molecule has 0 fully saturated rings. The van der Waals surface area contributed by atoms with Crippen molar-refractivity contribution in [2.45, 2.75) is 13.8 Å². The molecular weight excluding hydrogens is 951 g/mol. The number of para-hydroxylation sites is 4. The standard InChI is InChI=1S/2C12H11N2.2C7H8O.4C5H5N.2Mn/c2*1-3-7-11(8-4-1)13-14-12-9-5-2-6-10-12;2*1-6-2-4-7(8)5-3-6;4*1-2-4-6-5-3-1;;/h2*1-10,13H;2*2-5,8H,1H3;4*1-5H;;/q2*-1;;;;;;;2*+2/p-2. The van der Waals surface area contributed by atoms with Crippen molar-refractivity contribution in [3.05, 3.63) is 314 Å². The van der Waals surface area contributed by atoms with Gasteiger partial charge in [0.05, 0.1) is 0 Å². The number of aryl methyl sites for hydroxylation is 2. The van der Waals surface area contributed by atoms with Gasteiger partial charge in [0.25, 0.3) is 0 Å². The summed E-state index contributed by atoms with van der Waals surface area (Å²) in [6, 6.07) is 75.7.